The molecule has 4 nitrogen and oxygen atoms in total. The van der Waals surface area contributed by atoms with E-state index in [2.05, 4.69) is 55.6 Å². The Labute approximate surface area is 176 Å². The highest BCUT2D eigenvalue weighted by Gasteiger charge is 2.51. The molecular formula is C26H25NO3. The molecule has 0 radical (unpaired) electrons. The number of ether oxygens (including phenoxy) is 2. The van der Waals surface area contributed by atoms with E-state index in [4.69, 9.17) is 9.47 Å². The first-order valence-electron chi connectivity index (χ1n) is 10.5. The lowest BCUT2D eigenvalue weighted by atomic mass is 9.93. The third-order valence-electron chi connectivity index (χ3n) is 6.29. The van der Waals surface area contributed by atoms with Gasteiger partial charge in [0.25, 0.3) is 0 Å². The standard InChI is InChI=1S/C26H25NO3/c1-3-18-8-10-20(15-22(18)21-7-5-4-6-17(21)2)27-25(28)26(12-13-26)19-9-11-23-24(14-19)30-16-29-23/h4-11,14-15H,3,12-13,16H2,1-2H3,(H,27,28). The van der Waals surface area contributed by atoms with Crippen LogP contribution < -0.4 is 14.8 Å². The van der Waals surface area contributed by atoms with Crippen molar-refractivity contribution in [1.29, 1.82) is 0 Å². The van der Waals surface area contributed by atoms with Gasteiger partial charge in [-0.3, -0.25) is 4.79 Å². The Kier molecular flexibility index (Phi) is 4.50. The van der Waals surface area contributed by atoms with Gasteiger partial charge in [0.15, 0.2) is 11.5 Å². The summed E-state index contributed by atoms with van der Waals surface area (Å²) in [7, 11) is 0. The second-order valence-electron chi connectivity index (χ2n) is 8.14. The number of fused-ring (bicyclic) bond motifs is 1. The van der Waals surface area contributed by atoms with Gasteiger partial charge in [-0.05, 0) is 78.3 Å². The molecule has 5 rings (SSSR count). The van der Waals surface area contributed by atoms with Gasteiger partial charge in [0.05, 0.1) is 5.41 Å². The summed E-state index contributed by atoms with van der Waals surface area (Å²) < 4.78 is 10.9. The lowest BCUT2D eigenvalue weighted by molar-refractivity contribution is -0.118. The van der Waals surface area contributed by atoms with Gasteiger partial charge in [-0.2, -0.15) is 0 Å². The minimum Gasteiger partial charge on any atom is -0.454 e. The first kappa shape index (κ1) is 18.7. The Morgan fingerprint density at radius 2 is 1.77 bits per heavy atom. The van der Waals surface area contributed by atoms with Crippen LogP contribution in [0.2, 0.25) is 0 Å². The molecule has 4 heteroatoms. The SMILES string of the molecule is CCc1ccc(NC(=O)C2(c3ccc4c(c3)OCO4)CC2)cc1-c1ccccc1C. The van der Waals surface area contributed by atoms with Crippen LogP contribution >= 0.6 is 0 Å². The molecular weight excluding hydrogens is 374 g/mol. The average molecular weight is 399 g/mol. The van der Waals surface area contributed by atoms with E-state index in [1.165, 1.54) is 22.3 Å². The zero-order valence-electron chi connectivity index (χ0n) is 17.3. The van der Waals surface area contributed by atoms with Crippen LogP contribution in [0.15, 0.2) is 60.7 Å². The zero-order valence-corrected chi connectivity index (χ0v) is 17.3. The van der Waals surface area contributed by atoms with Crippen LogP contribution in [-0.4, -0.2) is 12.7 Å². The summed E-state index contributed by atoms with van der Waals surface area (Å²) in [6.45, 7) is 4.52. The second kappa shape index (κ2) is 7.21. The van der Waals surface area contributed by atoms with Gasteiger partial charge < -0.3 is 14.8 Å². The van der Waals surface area contributed by atoms with Gasteiger partial charge in [0, 0.05) is 5.69 Å². The molecule has 1 aliphatic carbocycles. The number of amides is 1. The molecule has 1 amide bonds. The van der Waals surface area contributed by atoms with E-state index in [1.54, 1.807) is 0 Å². The van der Waals surface area contributed by atoms with Crippen molar-refractivity contribution in [3.05, 3.63) is 77.4 Å². The second-order valence-corrected chi connectivity index (χ2v) is 8.14. The maximum Gasteiger partial charge on any atom is 0.235 e. The molecule has 3 aromatic carbocycles. The monoisotopic (exact) mass is 399 g/mol. The van der Waals surface area contributed by atoms with Crippen molar-refractivity contribution in [2.45, 2.75) is 38.5 Å². The number of carbonyl (C=O) groups excluding carboxylic acids is 1. The zero-order chi connectivity index (χ0) is 20.7. The van der Waals surface area contributed by atoms with E-state index in [1.807, 2.05) is 24.3 Å². The van der Waals surface area contributed by atoms with Crippen LogP contribution in [0, 0.1) is 6.92 Å². The highest BCUT2D eigenvalue weighted by atomic mass is 16.7. The van der Waals surface area contributed by atoms with Gasteiger partial charge in [-0.25, -0.2) is 0 Å². The van der Waals surface area contributed by atoms with Gasteiger partial charge >= 0.3 is 0 Å². The maximum atomic E-state index is 13.3. The smallest absolute Gasteiger partial charge is 0.235 e. The summed E-state index contributed by atoms with van der Waals surface area (Å²) >= 11 is 0. The molecule has 1 aliphatic heterocycles. The lowest BCUT2D eigenvalue weighted by Crippen LogP contribution is -2.27. The Morgan fingerprint density at radius 3 is 2.53 bits per heavy atom. The summed E-state index contributed by atoms with van der Waals surface area (Å²) in [4.78, 5) is 13.3. The largest absolute Gasteiger partial charge is 0.454 e. The van der Waals surface area contributed by atoms with Crippen molar-refractivity contribution in [2.75, 3.05) is 12.1 Å². The molecule has 3 aromatic rings. The highest BCUT2D eigenvalue weighted by molar-refractivity contribution is 6.02. The number of hydrogen-bond donors (Lipinski definition) is 1. The Morgan fingerprint density at radius 1 is 0.967 bits per heavy atom. The van der Waals surface area contributed by atoms with E-state index in [9.17, 15) is 4.79 Å². The molecule has 0 spiro atoms. The number of rotatable bonds is 5. The molecule has 0 unspecified atom stereocenters. The molecule has 1 N–H and O–H groups in total. The fourth-order valence-corrected chi connectivity index (χ4v) is 4.31. The topological polar surface area (TPSA) is 47.6 Å². The highest BCUT2D eigenvalue weighted by Crippen LogP contribution is 2.51. The molecule has 1 saturated carbocycles. The third kappa shape index (κ3) is 3.13. The molecule has 0 saturated heterocycles. The van der Waals surface area contributed by atoms with Crippen molar-refractivity contribution in [1.82, 2.24) is 0 Å². The molecule has 0 atom stereocenters. The van der Waals surface area contributed by atoms with Crippen molar-refractivity contribution in [3.63, 3.8) is 0 Å². The van der Waals surface area contributed by atoms with Crippen LogP contribution in [-0.2, 0) is 16.6 Å². The minimum atomic E-state index is -0.479. The number of hydrogen-bond acceptors (Lipinski definition) is 3. The molecule has 0 bridgehead atoms. The van der Waals surface area contributed by atoms with E-state index >= 15 is 0 Å². The Bertz CT molecular complexity index is 1130. The van der Waals surface area contributed by atoms with E-state index in [-0.39, 0.29) is 12.7 Å². The molecule has 30 heavy (non-hydrogen) atoms. The van der Waals surface area contributed by atoms with Crippen molar-refractivity contribution >= 4 is 11.6 Å². The van der Waals surface area contributed by atoms with Crippen molar-refractivity contribution < 1.29 is 14.3 Å². The van der Waals surface area contributed by atoms with Crippen LogP contribution in [0.1, 0.15) is 36.5 Å². The maximum absolute atomic E-state index is 13.3. The van der Waals surface area contributed by atoms with E-state index in [0.717, 1.165) is 42.0 Å². The van der Waals surface area contributed by atoms with Crippen LogP contribution in [0.4, 0.5) is 5.69 Å². The van der Waals surface area contributed by atoms with Crippen LogP contribution in [0.5, 0.6) is 11.5 Å². The summed E-state index contributed by atoms with van der Waals surface area (Å²) in [5.74, 6) is 1.51. The summed E-state index contributed by atoms with van der Waals surface area (Å²) in [6.07, 6.45) is 2.63. The van der Waals surface area contributed by atoms with E-state index < -0.39 is 5.41 Å². The predicted octanol–water partition coefficient (Wildman–Crippen LogP) is 5.62. The van der Waals surface area contributed by atoms with Gasteiger partial charge in [-0.1, -0.05) is 43.3 Å². The third-order valence-corrected chi connectivity index (χ3v) is 6.29. The lowest BCUT2D eigenvalue weighted by Gasteiger charge is -2.18. The fourth-order valence-electron chi connectivity index (χ4n) is 4.31. The van der Waals surface area contributed by atoms with Gasteiger partial charge in [-0.15, -0.1) is 0 Å². The quantitative estimate of drug-likeness (QED) is 0.605. The summed E-state index contributed by atoms with van der Waals surface area (Å²) in [6, 6.07) is 20.5. The molecule has 1 fully saturated rings. The van der Waals surface area contributed by atoms with E-state index in [0.29, 0.717) is 0 Å². The van der Waals surface area contributed by atoms with Crippen molar-refractivity contribution in [3.8, 4) is 22.6 Å². The number of anilines is 1. The number of aryl methyl sites for hydroxylation is 2. The van der Waals surface area contributed by atoms with Crippen LogP contribution in [0.3, 0.4) is 0 Å². The predicted molar refractivity (Wildman–Crippen MR) is 118 cm³/mol. The Balaban J connectivity index is 1.44. The molecule has 152 valence electrons. The number of nitrogens with one attached hydrogen (secondary N) is 1. The molecule has 1 heterocycles. The normalized spacial score (nSPS) is 15.7. The average Bonchev–Trinajstić information content (AvgIpc) is 3.45. The number of benzene rings is 3. The summed E-state index contributed by atoms with van der Waals surface area (Å²) in [5, 5.41) is 3.18. The summed E-state index contributed by atoms with van der Waals surface area (Å²) in [5.41, 5.74) is 6.25. The molecule has 0 aromatic heterocycles. The fraction of sp³-hybridized carbons (Fsp3) is 0.269. The number of carbonyl (C=O) groups is 1. The van der Waals surface area contributed by atoms with Gasteiger partial charge in [0.1, 0.15) is 0 Å². The first-order chi connectivity index (χ1) is 14.6. The Hall–Kier alpha value is -3.27. The van der Waals surface area contributed by atoms with Crippen LogP contribution in [0.25, 0.3) is 11.1 Å². The van der Waals surface area contributed by atoms with Gasteiger partial charge in [0.2, 0.25) is 12.7 Å². The first-order valence-corrected chi connectivity index (χ1v) is 10.5. The minimum absolute atomic E-state index is 0.0429. The molecule has 2 aliphatic rings. The van der Waals surface area contributed by atoms with Crippen molar-refractivity contribution in [2.24, 2.45) is 0 Å².